The van der Waals surface area contributed by atoms with Crippen molar-refractivity contribution in [2.24, 2.45) is 5.92 Å². The summed E-state index contributed by atoms with van der Waals surface area (Å²) in [5, 5.41) is 4.20. The molecule has 28 heavy (non-hydrogen) atoms. The van der Waals surface area contributed by atoms with E-state index in [2.05, 4.69) is 49.2 Å². The second kappa shape index (κ2) is 8.75. The molecule has 1 aliphatic heterocycles. The molecule has 6 nitrogen and oxygen atoms in total. The summed E-state index contributed by atoms with van der Waals surface area (Å²) in [5.74, 6) is 2.26. The van der Waals surface area contributed by atoms with Gasteiger partial charge in [0.05, 0.1) is 0 Å². The molecule has 1 fully saturated rings. The van der Waals surface area contributed by atoms with E-state index < -0.39 is 0 Å². The van der Waals surface area contributed by atoms with E-state index in [1.165, 1.54) is 23.3 Å². The van der Waals surface area contributed by atoms with Crippen LogP contribution in [0.4, 0.5) is 10.9 Å². The zero-order valence-corrected chi connectivity index (χ0v) is 17.2. The molecular weight excluding hydrogens is 368 g/mol. The van der Waals surface area contributed by atoms with Crippen molar-refractivity contribution >= 4 is 22.3 Å². The van der Waals surface area contributed by atoms with Gasteiger partial charge in [0, 0.05) is 48.3 Å². The van der Waals surface area contributed by atoms with Crippen LogP contribution < -0.4 is 5.32 Å². The Bertz CT molecular complexity index is 910. The molecule has 0 amide bonds. The summed E-state index contributed by atoms with van der Waals surface area (Å²) in [7, 11) is 0. The Balaban J connectivity index is 1.40. The van der Waals surface area contributed by atoms with Crippen molar-refractivity contribution in [1.29, 1.82) is 0 Å². The van der Waals surface area contributed by atoms with E-state index in [0.717, 1.165) is 48.5 Å². The lowest BCUT2D eigenvalue weighted by molar-refractivity contribution is 0.166. The second-order valence-electron chi connectivity index (χ2n) is 7.50. The highest BCUT2D eigenvalue weighted by molar-refractivity contribution is 7.15. The summed E-state index contributed by atoms with van der Waals surface area (Å²) >= 11 is 1.64. The van der Waals surface area contributed by atoms with E-state index in [9.17, 15) is 0 Å². The summed E-state index contributed by atoms with van der Waals surface area (Å²) in [6.07, 6.45) is 9.15. The minimum atomic E-state index is 0.620. The third-order valence-corrected chi connectivity index (χ3v) is 5.81. The molecule has 0 saturated carbocycles. The zero-order chi connectivity index (χ0) is 19.3. The lowest BCUT2D eigenvalue weighted by Gasteiger charge is -2.32. The maximum Gasteiger partial charge on any atom is 0.188 e. The third kappa shape index (κ3) is 5.11. The van der Waals surface area contributed by atoms with Crippen LogP contribution in [0.2, 0.25) is 0 Å². The molecule has 1 aliphatic rings. The summed E-state index contributed by atoms with van der Waals surface area (Å²) in [6.45, 7) is 7.25. The van der Waals surface area contributed by atoms with Crippen LogP contribution in [0.5, 0.6) is 0 Å². The lowest BCUT2D eigenvalue weighted by Crippen LogP contribution is -2.35. The van der Waals surface area contributed by atoms with Gasteiger partial charge in [0.1, 0.15) is 11.6 Å². The van der Waals surface area contributed by atoms with E-state index in [0.29, 0.717) is 5.92 Å². The molecule has 3 aromatic rings. The standard InChI is InChI=1S/C21H26N6S/c1-15-11-23-21(28-15)26-20-10-19(24-16(2)25-20)9-17-6-4-8-27(13-17)14-18-5-3-7-22-12-18/h3,5,7,10-12,17H,4,6,8-9,13-14H2,1-2H3,(H,23,24,25,26). The maximum absolute atomic E-state index is 4.69. The van der Waals surface area contributed by atoms with E-state index in [-0.39, 0.29) is 0 Å². The molecule has 146 valence electrons. The fraction of sp³-hybridized carbons (Fsp3) is 0.429. The van der Waals surface area contributed by atoms with Crippen molar-refractivity contribution in [3.05, 3.63) is 58.7 Å². The van der Waals surface area contributed by atoms with Crippen LogP contribution in [0.1, 0.15) is 34.8 Å². The average Bonchev–Trinajstić information content (AvgIpc) is 3.07. The molecule has 7 heteroatoms. The van der Waals surface area contributed by atoms with Crippen LogP contribution in [-0.2, 0) is 13.0 Å². The molecule has 3 aromatic heterocycles. The molecule has 0 spiro atoms. The minimum Gasteiger partial charge on any atom is -0.316 e. The number of hydrogen-bond donors (Lipinski definition) is 1. The molecular formula is C21H26N6S. The Kier molecular flexibility index (Phi) is 5.92. The van der Waals surface area contributed by atoms with E-state index in [1.807, 2.05) is 31.6 Å². The first-order valence-electron chi connectivity index (χ1n) is 9.79. The van der Waals surface area contributed by atoms with Gasteiger partial charge in [0.2, 0.25) is 0 Å². The first-order valence-corrected chi connectivity index (χ1v) is 10.6. The fourth-order valence-corrected chi connectivity index (χ4v) is 4.50. The predicted molar refractivity (Wildman–Crippen MR) is 113 cm³/mol. The number of aromatic nitrogens is 4. The third-order valence-electron chi connectivity index (χ3n) is 4.98. The lowest BCUT2D eigenvalue weighted by atomic mass is 9.93. The first kappa shape index (κ1) is 19.0. The molecule has 1 atom stereocenters. The van der Waals surface area contributed by atoms with Crippen molar-refractivity contribution in [3.8, 4) is 0 Å². The van der Waals surface area contributed by atoms with Crippen LogP contribution in [0.3, 0.4) is 0 Å². The molecule has 0 aromatic carbocycles. The summed E-state index contributed by atoms with van der Waals surface area (Å²) in [4.78, 5) is 21.5. The number of piperidine rings is 1. The molecule has 1 unspecified atom stereocenters. The SMILES string of the molecule is Cc1nc(CC2CCCN(Cc3cccnc3)C2)cc(Nc2ncc(C)s2)n1. The number of pyridine rings is 1. The molecule has 4 heterocycles. The monoisotopic (exact) mass is 394 g/mol. The van der Waals surface area contributed by atoms with Gasteiger partial charge in [-0.25, -0.2) is 15.0 Å². The van der Waals surface area contributed by atoms with Crippen LogP contribution in [0, 0.1) is 19.8 Å². The van der Waals surface area contributed by atoms with Gasteiger partial charge in [-0.2, -0.15) is 0 Å². The summed E-state index contributed by atoms with van der Waals surface area (Å²) in [5.41, 5.74) is 2.39. The molecule has 1 saturated heterocycles. The minimum absolute atomic E-state index is 0.620. The zero-order valence-electron chi connectivity index (χ0n) is 16.4. The van der Waals surface area contributed by atoms with Gasteiger partial charge in [-0.3, -0.25) is 9.88 Å². The molecule has 0 bridgehead atoms. The Hall–Kier alpha value is -2.38. The van der Waals surface area contributed by atoms with Gasteiger partial charge in [-0.15, -0.1) is 11.3 Å². The van der Waals surface area contributed by atoms with Crippen LogP contribution in [0.25, 0.3) is 0 Å². The Labute approximate surface area is 170 Å². The van der Waals surface area contributed by atoms with Gasteiger partial charge in [0.15, 0.2) is 5.13 Å². The number of likely N-dealkylation sites (tertiary alicyclic amines) is 1. The first-order chi connectivity index (χ1) is 13.6. The second-order valence-corrected chi connectivity index (χ2v) is 8.74. The summed E-state index contributed by atoms with van der Waals surface area (Å²) in [6, 6.07) is 6.24. The normalized spacial score (nSPS) is 17.6. The number of rotatable bonds is 6. The van der Waals surface area contributed by atoms with Crippen molar-refractivity contribution in [2.45, 2.75) is 39.7 Å². The van der Waals surface area contributed by atoms with Crippen LogP contribution in [0.15, 0.2) is 36.8 Å². The van der Waals surface area contributed by atoms with Crippen LogP contribution >= 0.6 is 11.3 Å². The number of aryl methyl sites for hydroxylation is 2. The number of nitrogens with zero attached hydrogens (tertiary/aromatic N) is 5. The van der Waals surface area contributed by atoms with Gasteiger partial charge in [0.25, 0.3) is 0 Å². The summed E-state index contributed by atoms with van der Waals surface area (Å²) < 4.78 is 0. The molecule has 0 aliphatic carbocycles. The Morgan fingerprint density at radius 1 is 1.25 bits per heavy atom. The predicted octanol–water partition coefficient (Wildman–Crippen LogP) is 4.14. The number of nitrogens with one attached hydrogen (secondary N) is 1. The smallest absolute Gasteiger partial charge is 0.188 e. The molecule has 1 N–H and O–H groups in total. The number of thiazole rings is 1. The van der Waals surface area contributed by atoms with E-state index in [4.69, 9.17) is 0 Å². The van der Waals surface area contributed by atoms with Gasteiger partial charge in [-0.05, 0) is 57.2 Å². The van der Waals surface area contributed by atoms with Crippen molar-refractivity contribution in [1.82, 2.24) is 24.8 Å². The maximum atomic E-state index is 4.69. The highest BCUT2D eigenvalue weighted by atomic mass is 32.1. The highest BCUT2D eigenvalue weighted by Gasteiger charge is 2.21. The number of anilines is 2. The van der Waals surface area contributed by atoms with Gasteiger partial charge < -0.3 is 5.32 Å². The van der Waals surface area contributed by atoms with Crippen molar-refractivity contribution in [2.75, 3.05) is 18.4 Å². The number of hydrogen-bond acceptors (Lipinski definition) is 7. The van der Waals surface area contributed by atoms with Crippen LogP contribution in [-0.4, -0.2) is 37.9 Å². The highest BCUT2D eigenvalue weighted by Crippen LogP contribution is 2.24. The average molecular weight is 395 g/mol. The van der Waals surface area contributed by atoms with Gasteiger partial charge in [-0.1, -0.05) is 6.07 Å². The largest absolute Gasteiger partial charge is 0.316 e. The quantitative estimate of drug-likeness (QED) is 0.678. The Morgan fingerprint density at radius 2 is 2.18 bits per heavy atom. The van der Waals surface area contributed by atoms with Crippen molar-refractivity contribution in [3.63, 3.8) is 0 Å². The van der Waals surface area contributed by atoms with Gasteiger partial charge >= 0.3 is 0 Å². The fourth-order valence-electron chi connectivity index (χ4n) is 3.83. The molecule has 0 radical (unpaired) electrons. The topological polar surface area (TPSA) is 66.8 Å². The van der Waals surface area contributed by atoms with Crippen molar-refractivity contribution < 1.29 is 0 Å². The van der Waals surface area contributed by atoms with E-state index >= 15 is 0 Å². The molecule has 4 rings (SSSR count). The Morgan fingerprint density at radius 3 is 2.96 bits per heavy atom. The van der Waals surface area contributed by atoms with E-state index in [1.54, 1.807) is 11.3 Å².